The fourth-order valence-corrected chi connectivity index (χ4v) is 5.38. The zero-order valence-electron chi connectivity index (χ0n) is 18.2. The highest BCUT2D eigenvalue weighted by Gasteiger charge is 2.28. The minimum absolute atomic E-state index is 0.153. The lowest BCUT2D eigenvalue weighted by Gasteiger charge is -2.18. The van der Waals surface area contributed by atoms with Gasteiger partial charge in [0, 0.05) is 40.5 Å². The molecule has 0 aliphatic carbocycles. The molecule has 1 unspecified atom stereocenters. The molecule has 3 heterocycles. The van der Waals surface area contributed by atoms with Crippen molar-refractivity contribution in [1.82, 2.24) is 19.7 Å². The number of halogens is 1. The smallest absolute Gasteiger partial charge is 0.222 e. The Hall–Kier alpha value is -2.51. The quantitative estimate of drug-likeness (QED) is 0.525. The van der Waals surface area contributed by atoms with Gasteiger partial charge in [-0.05, 0) is 46.2 Å². The van der Waals surface area contributed by atoms with Crippen LogP contribution in [0.5, 0.6) is 0 Å². The van der Waals surface area contributed by atoms with Gasteiger partial charge < -0.3 is 4.90 Å². The number of carbonyl (C=O) groups excluding carboxylic acids is 1. The second kappa shape index (κ2) is 8.93. The summed E-state index contributed by atoms with van der Waals surface area (Å²) in [5, 5.41) is 10.4. The number of hydrogen-bond donors (Lipinski definition) is 0. The summed E-state index contributed by atoms with van der Waals surface area (Å²) in [6.45, 7) is 9.48. The van der Waals surface area contributed by atoms with Crippen LogP contribution >= 0.6 is 22.9 Å². The molecule has 1 aromatic carbocycles. The van der Waals surface area contributed by atoms with Crippen molar-refractivity contribution in [1.29, 1.82) is 0 Å². The average molecular weight is 456 g/mol. The number of amides is 1. The third kappa shape index (κ3) is 4.04. The highest BCUT2D eigenvalue weighted by molar-refractivity contribution is 7.15. The second-order valence-corrected chi connectivity index (χ2v) is 9.09. The molecule has 3 aromatic rings. The van der Waals surface area contributed by atoms with Crippen LogP contribution in [0.2, 0.25) is 5.02 Å². The summed E-state index contributed by atoms with van der Waals surface area (Å²) < 4.78 is 2.09. The minimum Gasteiger partial charge on any atom is -0.343 e. The maximum Gasteiger partial charge on any atom is 0.222 e. The monoisotopic (exact) mass is 455 g/mol. The molecule has 8 heteroatoms. The number of aromatic nitrogens is 3. The fourth-order valence-electron chi connectivity index (χ4n) is 3.94. The van der Waals surface area contributed by atoms with Crippen LogP contribution in [0.1, 0.15) is 60.9 Å². The third-order valence-corrected chi connectivity index (χ3v) is 7.11. The van der Waals surface area contributed by atoms with Gasteiger partial charge >= 0.3 is 0 Å². The van der Waals surface area contributed by atoms with Crippen LogP contribution in [0.3, 0.4) is 0 Å². The number of fused-ring (bicyclic) bond motifs is 3. The molecule has 0 bridgehead atoms. The minimum atomic E-state index is -0.153. The second-order valence-electron chi connectivity index (χ2n) is 7.57. The maximum atomic E-state index is 12.5. The summed E-state index contributed by atoms with van der Waals surface area (Å²) >= 11 is 8.23. The van der Waals surface area contributed by atoms with E-state index in [1.807, 2.05) is 56.9 Å². The molecule has 0 saturated heterocycles. The van der Waals surface area contributed by atoms with E-state index in [2.05, 4.69) is 20.8 Å². The van der Waals surface area contributed by atoms with Crippen molar-refractivity contribution in [2.45, 2.75) is 46.6 Å². The van der Waals surface area contributed by atoms with Gasteiger partial charge in [0.1, 0.15) is 16.9 Å². The van der Waals surface area contributed by atoms with Crippen LogP contribution in [0, 0.1) is 6.92 Å². The molecule has 0 spiro atoms. The highest BCUT2D eigenvalue weighted by Crippen LogP contribution is 2.37. The van der Waals surface area contributed by atoms with Crippen LogP contribution in [0.25, 0.3) is 5.00 Å². The topological polar surface area (TPSA) is 63.4 Å². The molecule has 1 aliphatic rings. The lowest BCUT2D eigenvalue weighted by Crippen LogP contribution is -2.30. The molecule has 0 fully saturated rings. The van der Waals surface area contributed by atoms with E-state index in [4.69, 9.17) is 16.6 Å². The standard InChI is InChI=1S/C23H26ClN5OS/c1-5-28(6-2)20(30)12-11-16-13-18-21(17-9-7-8-10-19(17)24)25-14(3)22-27-26-15(4)29(22)23(18)31-16/h7-10,13-14H,5-6,11-12H2,1-4H3. The normalized spacial score (nSPS) is 15.1. The van der Waals surface area contributed by atoms with E-state index in [1.54, 1.807) is 11.3 Å². The summed E-state index contributed by atoms with van der Waals surface area (Å²) in [5.41, 5.74) is 2.77. The van der Waals surface area contributed by atoms with Crippen molar-refractivity contribution in [3.05, 3.63) is 63.0 Å². The third-order valence-electron chi connectivity index (χ3n) is 5.60. The van der Waals surface area contributed by atoms with Crippen molar-refractivity contribution in [3.8, 4) is 5.00 Å². The fraction of sp³-hybridized carbons (Fsp3) is 0.391. The van der Waals surface area contributed by atoms with E-state index in [0.717, 1.165) is 51.5 Å². The molecule has 4 rings (SSSR count). The number of rotatable bonds is 6. The first-order chi connectivity index (χ1) is 14.9. The van der Waals surface area contributed by atoms with Crippen molar-refractivity contribution in [2.24, 2.45) is 4.99 Å². The van der Waals surface area contributed by atoms with Crippen LogP contribution in [0.15, 0.2) is 35.3 Å². The van der Waals surface area contributed by atoms with E-state index >= 15 is 0 Å². The van der Waals surface area contributed by atoms with E-state index < -0.39 is 0 Å². The van der Waals surface area contributed by atoms with Gasteiger partial charge in [0.15, 0.2) is 5.82 Å². The zero-order chi connectivity index (χ0) is 22.1. The lowest BCUT2D eigenvalue weighted by molar-refractivity contribution is -0.130. The average Bonchev–Trinajstić information content (AvgIpc) is 3.32. The molecule has 6 nitrogen and oxygen atoms in total. The van der Waals surface area contributed by atoms with Crippen LogP contribution in [0.4, 0.5) is 0 Å². The Balaban J connectivity index is 1.78. The molecule has 31 heavy (non-hydrogen) atoms. The molecular weight excluding hydrogens is 430 g/mol. The van der Waals surface area contributed by atoms with Crippen LogP contribution < -0.4 is 0 Å². The molecular formula is C23H26ClN5OS. The Bertz CT molecular complexity index is 1140. The predicted octanol–water partition coefficient (Wildman–Crippen LogP) is 5.00. The number of hydrogen-bond acceptors (Lipinski definition) is 5. The first-order valence-corrected chi connectivity index (χ1v) is 11.8. The molecule has 0 N–H and O–H groups in total. The Morgan fingerprint density at radius 2 is 1.94 bits per heavy atom. The first-order valence-electron chi connectivity index (χ1n) is 10.6. The van der Waals surface area contributed by atoms with E-state index in [-0.39, 0.29) is 11.9 Å². The maximum absolute atomic E-state index is 12.5. The van der Waals surface area contributed by atoms with Crippen LogP contribution in [-0.2, 0) is 11.2 Å². The van der Waals surface area contributed by atoms with Gasteiger partial charge in [-0.15, -0.1) is 21.5 Å². The van der Waals surface area contributed by atoms with Gasteiger partial charge in [-0.25, -0.2) is 0 Å². The number of carbonyl (C=O) groups is 1. The number of aryl methyl sites for hydroxylation is 2. The number of nitrogens with zero attached hydrogens (tertiary/aromatic N) is 5. The van der Waals surface area contributed by atoms with Gasteiger partial charge in [-0.3, -0.25) is 14.4 Å². The molecule has 1 aliphatic heterocycles. The van der Waals surface area contributed by atoms with Gasteiger partial charge in [0.25, 0.3) is 0 Å². The van der Waals surface area contributed by atoms with Gasteiger partial charge in [0.05, 0.1) is 5.71 Å². The van der Waals surface area contributed by atoms with Crippen molar-refractivity contribution >= 4 is 34.6 Å². The van der Waals surface area contributed by atoms with E-state index in [0.29, 0.717) is 17.9 Å². The Labute approximate surface area is 191 Å². The van der Waals surface area contributed by atoms with Crippen LogP contribution in [-0.4, -0.2) is 44.4 Å². The van der Waals surface area contributed by atoms with E-state index in [9.17, 15) is 4.79 Å². The predicted molar refractivity (Wildman–Crippen MR) is 126 cm³/mol. The van der Waals surface area contributed by atoms with Gasteiger partial charge in [-0.2, -0.15) is 0 Å². The Morgan fingerprint density at radius 3 is 2.65 bits per heavy atom. The summed E-state index contributed by atoms with van der Waals surface area (Å²) in [6.07, 6.45) is 1.18. The van der Waals surface area contributed by atoms with Crippen molar-refractivity contribution in [2.75, 3.05) is 13.1 Å². The lowest BCUT2D eigenvalue weighted by atomic mass is 10.0. The summed E-state index contributed by atoms with van der Waals surface area (Å²) in [5.74, 6) is 1.82. The van der Waals surface area contributed by atoms with Crippen molar-refractivity contribution < 1.29 is 4.79 Å². The SMILES string of the molecule is CCN(CC)C(=O)CCc1cc2c(s1)-n1c(C)nnc1C(C)N=C2c1ccccc1Cl. The number of benzene rings is 1. The van der Waals surface area contributed by atoms with Crippen molar-refractivity contribution in [3.63, 3.8) is 0 Å². The molecule has 162 valence electrons. The van der Waals surface area contributed by atoms with E-state index in [1.165, 1.54) is 0 Å². The first kappa shape index (κ1) is 21.7. The zero-order valence-corrected chi connectivity index (χ0v) is 19.8. The Morgan fingerprint density at radius 1 is 1.19 bits per heavy atom. The Kier molecular flexibility index (Phi) is 6.25. The van der Waals surface area contributed by atoms with Gasteiger partial charge in [-0.1, -0.05) is 29.8 Å². The molecule has 0 radical (unpaired) electrons. The highest BCUT2D eigenvalue weighted by atomic mass is 35.5. The van der Waals surface area contributed by atoms with Gasteiger partial charge in [0.2, 0.25) is 5.91 Å². The number of thiophene rings is 1. The molecule has 1 atom stereocenters. The molecule has 0 saturated carbocycles. The summed E-state index contributed by atoms with van der Waals surface area (Å²) in [4.78, 5) is 20.5. The largest absolute Gasteiger partial charge is 0.343 e. The molecule has 1 amide bonds. The summed E-state index contributed by atoms with van der Waals surface area (Å²) in [6, 6.07) is 9.78. The summed E-state index contributed by atoms with van der Waals surface area (Å²) in [7, 11) is 0. The number of aliphatic imine (C=N–C) groups is 1. The molecule has 2 aromatic heterocycles.